The van der Waals surface area contributed by atoms with E-state index in [1.165, 1.54) is 40.7 Å². The van der Waals surface area contributed by atoms with Crippen LogP contribution in [0.1, 0.15) is 35.1 Å². The lowest BCUT2D eigenvalue weighted by molar-refractivity contribution is 0.828. The van der Waals surface area contributed by atoms with Crippen LogP contribution in [0.15, 0.2) is 55.1 Å². The minimum absolute atomic E-state index is 0.314. The molecule has 0 aliphatic heterocycles. The van der Waals surface area contributed by atoms with E-state index >= 15 is 0 Å². The third-order valence-electron chi connectivity index (χ3n) is 4.29. The van der Waals surface area contributed by atoms with Gasteiger partial charge in [0, 0.05) is 5.41 Å². The van der Waals surface area contributed by atoms with Gasteiger partial charge in [0.1, 0.15) is 0 Å². The summed E-state index contributed by atoms with van der Waals surface area (Å²) >= 11 is 0. The van der Waals surface area contributed by atoms with Crippen molar-refractivity contribution in [3.63, 3.8) is 0 Å². The summed E-state index contributed by atoms with van der Waals surface area (Å²) in [7, 11) is 0. The van der Waals surface area contributed by atoms with Gasteiger partial charge in [-0.05, 0) is 40.7 Å². The summed E-state index contributed by atoms with van der Waals surface area (Å²) in [6.45, 7) is 4.29. The summed E-state index contributed by atoms with van der Waals surface area (Å²) in [5.41, 5.74) is 7.18. The van der Waals surface area contributed by atoms with Crippen molar-refractivity contribution in [3.05, 3.63) is 77.4 Å². The standard InChI is InChI=1S/C17H14/c1-12-13-6-2-4-8-15(13)17(10-11-17)16-9-5-3-7-14(12)16/h2-9H,1,10-11H2. The van der Waals surface area contributed by atoms with E-state index in [4.69, 9.17) is 0 Å². The SMILES string of the molecule is C=C1c2ccccc2C2(CC2)c2ccccc21. The van der Waals surface area contributed by atoms with Crippen molar-refractivity contribution < 1.29 is 0 Å². The molecule has 0 radical (unpaired) electrons. The fraction of sp³-hybridized carbons (Fsp3) is 0.176. The molecular formula is C17H14. The second kappa shape index (κ2) is 2.89. The first-order chi connectivity index (χ1) is 8.33. The Hall–Kier alpha value is -1.82. The van der Waals surface area contributed by atoms with Crippen LogP contribution in [0.3, 0.4) is 0 Å². The first-order valence-corrected chi connectivity index (χ1v) is 6.22. The van der Waals surface area contributed by atoms with E-state index in [-0.39, 0.29) is 0 Å². The topological polar surface area (TPSA) is 0 Å². The fourth-order valence-corrected chi connectivity index (χ4v) is 3.28. The predicted octanol–water partition coefficient (Wildman–Crippen LogP) is 4.14. The van der Waals surface area contributed by atoms with Crippen LogP contribution in [0.25, 0.3) is 5.57 Å². The van der Waals surface area contributed by atoms with E-state index in [0.29, 0.717) is 5.41 Å². The molecule has 2 aromatic rings. The maximum Gasteiger partial charge on any atom is 0.0216 e. The molecule has 0 amide bonds. The maximum atomic E-state index is 4.29. The second-order valence-corrected chi connectivity index (χ2v) is 5.15. The first kappa shape index (κ1) is 9.23. The van der Waals surface area contributed by atoms with Crippen LogP contribution in [0.2, 0.25) is 0 Å². The molecule has 0 atom stereocenters. The van der Waals surface area contributed by atoms with E-state index in [2.05, 4.69) is 55.1 Å². The lowest BCUT2D eigenvalue weighted by Gasteiger charge is -2.29. The molecule has 0 heterocycles. The lowest BCUT2D eigenvalue weighted by Crippen LogP contribution is -2.18. The van der Waals surface area contributed by atoms with Crippen LogP contribution < -0.4 is 0 Å². The van der Waals surface area contributed by atoms with Gasteiger partial charge in [-0.3, -0.25) is 0 Å². The normalized spacial score (nSPS) is 18.7. The van der Waals surface area contributed by atoms with E-state index in [0.717, 1.165) is 0 Å². The zero-order valence-electron chi connectivity index (χ0n) is 9.74. The Bertz CT molecular complexity index is 578. The zero-order chi connectivity index (χ0) is 11.5. The lowest BCUT2D eigenvalue weighted by atomic mass is 9.74. The van der Waals surface area contributed by atoms with Crippen LogP contribution >= 0.6 is 0 Å². The van der Waals surface area contributed by atoms with Gasteiger partial charge >= 0.3 is 0 Å². The average Bonchev–Trinajstić information content (AvgIpc) is 3.18. The summed E-state index contributed by atoms with van der Waals surface area (Å²) in [4.78, 5) is 0. The van der Waals surface area contributed by atoms with Crippen molar-refractivity contribution in [2.75, 3.05) is 0 Å². The summed E-state index contributed by atoms with van der Waals surface area (Å²) in [5, 5.41) is 0. The highest BCUT2D eigenvalue weighted by Gasteiger charge is 2.50. The monoisotopic (exact) mass is 218 g/mol. The van der Waals surface area contributed by atoms with E-state index in [1.54, 1.807) is 0 Å². The summed E-state index contributed by atoms with van der Waals surface area (Å²) in [6, 6.07) is 17.5. The van der Waals surface area contributed by atoms with Gasteiger partial charge in [0.05, 0.1) is 0 Å². The summed E-state index contributed by atoms with van der Waals surface area (Å²) in [5.74, 6) is 0. The van der Waals surface area contributed by atoms with Crippen LogP contribution in [0.5, 0.6) is 0 Å². The molecule has 0 nitrogen and oxygen atoms in total. The molecule has 1 spiro atoms. The molecule has 1 fully saturated rings. The highest BCUT2D eigenvalue weighted by atomic mass is 14.5. The van der Waals surface area contributed by atoms with Crippen molar-refractivity contribution in [3.8, 4) is 0 Å². The third kappa shape index (κ3) is 1.03. The Morgan fingerprint density at radius 3 is 1.71 bits per heavy atom. The van der Waals surface area contributed by atoms with Gasteiger partial charge in [-0.15, -0.1) is 0 Å². The number of fused-ring (bicyclic) bond motifs is 4. The molecule has 0 unspecified atom stereocenters. The molecule has 2 aliphatic rings. The van der Waals surface area contributed by atoms with Crippen LogP contribution in [0, 0.1) is 0 Å². The smallest absolute Gasteiger partial charge is 0.0216 e. The van der Waals surface area contributed by atoms with Crippen LogP contribution in [-0.4, -0.2) is 0 Å². The third-order valence-corrected chi connectivity index (χ3v) is 4.29. The van der Waals surface area contributed by atoms with Gasteiger partial charge in [0.25, 0.3) is 0 Å². The van der Waals surface area contributed by atoms with Gasteiger partial charge in [-0.25, -0.2) is 0 Å². The van der Waals surface area contributed by atoms with Gasteiger partial charge in [0.15, 0.2) is 0 Å². The highest BCUT2D eigenvalue weighted by Crippen LogP contribution is 2.59. The van der Waals surface area contributed by atoms with Gasteiger partial charge in [-0.2, -0.15) is 0 Å². The Balaban J connectivity index is 2.09. The van der Waals surface area contributed by atoms with Crippen molar-refractivity contribution in [1.82, 2.24) is 0 Å². The molecule has 0 heteroatoms. The van der Waals surface area contributed by atoms with Crippen molar-refractivity contribution >= 4 is 5.57 Å². The van der Waals surface area contributed by atoms with E-state index < -0.39 is 0 Å². The number of hydrogen-bond acceptors (Lipinski definition) is 0. The molecule has 4 rings (SSSR count). The molecular weight excluding hydrogens is 204 g/mol. The number of benzene rings is 2. The number of hydrogen-bond donors (Lipinski definition) is 0. The Labute approximate surface area is 102 Å². The highest BCUT2D eigenvalue weighted by molar-refractivity contribution is 5.87. The van der Waals surface area contributed by atoms with Crippen molar-refractivity contribution in [2.24, 2.45) is 0 Å². The molecule has 1 saturated carbocycles. The van der Waals surface area contributed by atoms with Crippen LogP contribution in [-0.2, 0) is 5.41 Å². The second-order valence-electron chi connectivity index (χ2n) is 5.15. The minimum atomic E-state index is 0.314. The van der Waals surface area contributed by atoms with Gasteiger partial charge < -0.3 is 0 Å². The molecule has 2 aromatic carbocycles. The fourth-order valence-electron chi connectivity index (χ4n) is 3.28. The quantitative estimate of drug-likeness (QED) is 0.623. The Morgan fingerprint density at radius 2 is 1.24 bits per heavy atom. The average molecular weight is 218 g/mol. The molecule has 17 heavy (non-hydrogen) atoms. The van der Waals surface area contributed by atoms with Gasteiger partial charge in [-0.1, -0.05) is 55.1 Å². The molecule has 0 saturated heterocycles. The van der Waals surface area contributed by atoms with Crippen LogP contribution in [0.4, 0.5) is 0 Å². The summed E-state index contributed by atoms with van der Waals surface area (Å²) in [6.07, 6.45) is 2.57. The largest absolute Gasteiger partial charge is 0.0905 e. The molecule has 0 N–H and O–H groups in total. The van der Waals surface area contributed by atoms with Crippen molar-refractivity contribution in [1.29, 1.82) is 0 Å². The molecule has 0 aromatic heterocycles. The molecule has 0 bridgehead atoms. The van der Waals surface area contributed by atoms with Crippen molar-refractivity contribution in [2.45, 2.75) is 18.3 Å². The Kier molecular flexibility index (Phi) is 1.57. The van der Waals surface area contributed by atoms with E-state index in [1.807, 2.05) is 0 Å². The van der Waals surface area contributed by atoms with Gasteiger partial charge in [0.2, 0.25) is 0 Å². The molecule has 82 valence electrons. The minimum Gasteiger partial charge on any atom is -0.0905 e. The first-order valence-electron chi connectivity index (χ1n) is 6.22. The zero-order valence-corrected chi connectivity index (χ0v) is 9.74. The van der Waals surface area contributed by atoms with E-state index in [9.17, 15) is 0 Å². The Morgan fingerprint density at radius 1 is 0.765 bits per heavy atom. The summed E-state index contributed by atoms with van der Waals surface area (Å²) < 4.78 is 0. The molecule has 2 aliphatic carbocycles. The maximum absolute atomic E-state index is 4.29. The predicted molar refractivity (Wildman–Crippen MR) is 71.0 cm³/mol. The number of rotatable bonds is 0.